The minimum absolute atomic E-state index is 0.00815. The van der Waals surface area contributed by atoms with E-state index in [9.17, 15) is 18.0 Å². The molecule has 0 atom stereocenters. The van der Waals surface area contributed by atoms with Gasteiger partial charge in [-0.2, -0.15) is 13.2 Å². The van der Waals surface area contributed by atoms with Gasteiger partial charge in [-0.15, -0.1) is 0 Å². The first kappa shape index (κ1) is 20.3. The Labute approximate surface area is 158 Å². The van der Waals surface area contributed by atoms with E-state index in [1.165, 1.54) is 12.3 Å². The fourth-order valence-electron chi connectivity index (χ4n) is 2.09. The van der Waals surface area contributed by atoms with Crippen molar-refractivity contribution in [2.24, 2.45) is 0 Å². The van der Waals surface area contributed by atoms with E-state index in [2.05, 4.69) is 15.0 Å². The zero-order valence-electron chi connectivity index (χ0n) is 13.4. The number of aryl methyl sites for hydroxylation is 1. The number of nitrogens with one attached hydrogen (secondary N) is 1. The van der Waals surface area contributed by atoms with E-state index in [1.807, 2.05) is 0 Å². The van der Waals surface area contributed by atoms with Gasteiger partial charge in [-0.25, -0.2) is 4.98 Å². The minimum Gasteiger partial charge on any atom is -0.468 e. The van der Waals surface area contributed by atoms with Crippen LogP contribution in [-0.2, 0) is 17.8 Å². The Hall–Kier alpha value is -1.99. The summed E-state index contributed by atoms with van der Waals surface area (Å²) >= 11 is 11.9. The van der Waals surface area contributed by atoms with Gasteiger partial charge in [-0.1, -0.05) is 35.3 Å². The Morgan fingerprint density at radius 2 is 1.96 bits per heavy atom. The number of nitrogens with zero attached hydrogens (tertiary/aromatic N) is 1. The SMILES string of the molecule is O=C(CCc1ccc(Cl)cc1Cl)NCc1cccnc1OCC(F)(F)F. The first-order valence-corrected chi connectivity index (χ1v) is 8.34. The van der Waals surface area contributed by atoms with Gasteiger partial charge in [0.25, 0.3) is 0 Å². The fraction of sp³-hybridized carbons (Fsp3) is 0.294. The second kappa shape index (κ2) is 9.09. The number of hydrogen-bond acceptors (Lipinski definition) is 3. The van der Waals surface area contributed by atoms with Crippen LogP contribution < -0.4 is 10.1 Å². The highest BCUT2D eigenvalue weighted by Gasteiger charge is 2.29. The number of hydrogen-bond donors (Lipinski definition) is 1. The first-order valence-electron chi connectivity index (χ1n) is 7.58. The van der Waals surface area contributed by atoms with Crippen LogP contribution in [0, 0.1) is 0 Å². The van der Waals surface area contributed by atoms with Crippen LogP contribution in [0.3, 0.4) is 0 Å². The summed E-state index contributed by atoms with van der Waals surface area (Å²) in [5.74, 6) is -0.437. The highest BCUT2D eigenvalue weighted by atomic mass is 35.5. The zero-order valence-corrected chi connectivity index (χ0v) is 15.0. The van der Waals surface area contributed by atoms with E-state index in [0.717, 1.165) is 5.56 Å². The molecule has 140 valence electrons. The van der Waals surface area contributed by atoms with E-state index in [4.69, 9.17) is 23.2 Å². The molecule has 0 unspecified atom stereocenters. The van der Waals surface area contributed by atoms with Crippen molar-refractivity contribution in [3.05, 3.63) is 57.7 Å². The molecule has 0 aliphatic carbocycles. The lowest BCUT2D eigenvalue weighted by Gasteiger charge is -2.12. The Bertz CT molecular complexity index is 770. The van der Waals surface area contributed by atoms with Gasteiger partial charge in [-0.05, 0) is 30.2 Å². The predicted molar refractivity (Wildman–Crippen MR) is 92.4 cm³/mol. The quantitative estimate of drug-likeness (QED) is 0.731. The second-order valence-electron chi connectivity index (χ2n) is 5.38. The van der Waals surface area contributed by atoms with E-state index in [-0.39, 0.29) is 24.8 Å². The predicted octanol–water partition coefficient (Wildman–Crippen LogP) is 4.58. The molecule has 1 amide bonds. The van der Waals surface area contributed by atoms with Gasteiger partial charge >= 0.3 is 6.18 Å². The number of rotatable bonds is 7. The average Bonchev–Trinajstić information content (AvgIpc) is 2.57. The molecule has 1 aromatic carbocycles. The molecule has 1 N–H and O–H groups in total. The van der Waals surface area contributed by atoms with Gasteiger partial charge < -0.3 is 10.1 Å². The molecule has 0 saturated carbocycles. The van der Waals surface area contributed by atoms with Crippen molar-refractivity contribution >= 4 is 29.1 Å². The number of carbonyl (C=O) groups excluding carboxylic acids is 1. The molecule has 9 heteroatoms. The summed E-state index contributed by atoms with van der Waals surface area (Å²) in [5, 5.41) is 3.61. The Balaban J connectivity index is 1.87. The van der Waals surface area contributed by atoms with Crippen molar-refractivity contribution in [3.63, 3.8) is 0 Å². The normalized spacial score (nSPS) is 11.3. The lowest BCUT2D eigenvalue weighted by Crippen LogP contribution is -2.24. The molecular weight excluding hydrogens is 392 g/mol. The summed E-state index contributed by atoms with van der Waals surface area (Å²) in [4.78, 5) is 15.7. The van der Waals surface area contributed by atoms with Gasteiger partial charge in [0.05, 0.1) is 0 Å². The van der Waals surface area contributed by atoms with Crippen LogP contribution in [0.5, 0.6) is 5.88 Å². The third-order valence-electron chi connectivity index (χ3n) is 3.34. The topological polar surface area (TPSA) is 51.2 Å². The molecule has 0 bridgehead atoms. The standard InChI is InChI=1S/C17H15Cl2F3N2O2/c18-13-5-3-11(14(19)8-13)4-6-15(25)24-9-12-2-1-7-23-16(12)26-10-17(20,21)22/h1-3,5,7-8H,4,6,9-10H2,(H,24,25). The zero-order chi connectivity index (χ0) is 19.2. The molecule has 0 aliphatic heterocycles. The Morgan fingerprint density at radius 1 is 1.19 bits per heavy atom. The van der Waals surface area contributed by atoms with Crippen molar-refractivity contribution in [2.75, 3.05) is 6.61 Å². The van der Waals surface area contributed by atoms with Crippen molar-refractivity contribution in [1.82, 2.24) is 10.3 Å². The number of amides is 1. The molecule has 0 aliphatic rings. The van der Waals surface area contributed by atoms with E-state index in [1.54, 1.807) is 24.3 Å². The molecule has 0 radical (unpaired) electrons. The van der Waals surface area contributed by atoms with Gasteiger partial charge in [-0.3, -0.25) is 4.79 Å². The maximum absolute atomic E-state index is 12.3. The average molecular weight is 407 g/mol. The number of alkyl halides is 3. The molecule has 1 aromatic heterocycles. The molecule has 4 nitrogen and oxygen atoms in total. The summed E-state index contributed by atoms with van der Waals surface area (Å²) in [6.45, 7) is -1.44. The number of carbonyl (C=O) groups is 1. The molecule has 1 heterocycles. The van der Waals surface area contributed by atoms with Crippen molar-refractivity contribution < 1.29 is 22.7 Å². The van der Waals surface area contributed by atoms with Gasteiger partial charge in [0, 0.05) is 34.8 Å². The smallest absolute Gasteiger partial charge is 0.422 e. The lowest BCUT2D eigenvalue weighted by atomic mass is 10.1. The number of pyridine rings is 1. The van der Waals surface area contributed by atoms with Crippen molar-refractivity contribution in [2.45, 2.75) is 25.6 Å². The first-order chi connectivity index (χ1) is 12.2. The largest absolute Gasteiger partial charge is 0.468 e. The van der Waals surface area contributed by atoms with Crippen LogP contribution in [0.1, 0.15) is 17.5 Å². The molecule has 2 aromatic rings. The molecular formula is C17H15Cl2F3N2O2. The highest BCUT2D eigenvalue weighted by Crippen LogP contribution is 2.22. The monoisotopic (exact) mass is 406 g/mol. The maximum Gasteiger partial charge on any atom is 0.422 e. The summed E-state index contributed by atoms with van der Waals surface area (Å²) < 4.78 is 41.5. The van der Waals surface area contributed by atoms with Gasteiger partial charge in [0.1, 0.15) is 0 Å². The van der Waals surface area contributed by atoms with E-state index >= 15 is 0 Å². The third kappa shape index (κ3) is 6.72. The number of halogens is 5. The molecule has 0 saturated heterocycles. The van der Waals surface area contributed by atoms with Crippen LogP contribution >= 0.6 is 23.2 Å². The van der Waals surface area contributed by atoms with E-state index in [0.29, 0.717) is 22.0 Å². The second-order valence-corrected chi connectivity index (χ2v) is 6.23. The Morgan fingerprint density at radius 3 is 2.65 bits per heavy atom. The van der Waals surface area contributed by atoms with Gasteiger partial charge in [0.2, 0.25) is 11.8 Å². The summed E-state index contributed by atoms with van der Waals surface area (Å²) in [5.41, 5.74) is 1.14. The van der Waals surface area contributed by atoms with Crippen LogP contribution in [0.2, 0.25) is 10.0 Å². The Kier molecular flexibility index (Phi) is 7.11. The molecule has 0 fully saturated rings. The molecule has 26 heavy (non-hydrogen) atoms. The van der Waals surface area contributed by atoms with E-state index < -0.39 is 12.8 Å². The minimum atomic E-state index is -4.46. The van der Waals surface area contributed by atoms with Crippen LogP contribution in [0.15, 0.2) is 36.5 Å². The maximum atomic E-state index is 12.3. The van der Waals surface area contributed by atoms with Gasteiger partial charge in [0.15, 0.2) is 6.61 Å². The summed E-state index contributed by atoms with van der Waals surface area (Å²) in [6.07, 6.45) is -2.57. The van der Waals surface area contributed by atoms with Crippen LogP contribution in [-0.4, -0.2) is 23.7 Å². The highest BCUT2D eigenvalue weighted by molar-refractivity contribution is 6.35. The molecule has 2 rings (SSSR count). The number of ether oxygens (including phenoxy) is 1. The van der Waals surface area contributed by atoms with Crippen LogP contribution in [0.4, 0.5) is 13.2 Å². The summed E-state index contributed by atoms with van der Waals surface area (Å²) in [7, 11) is 0. The van der Waals surface area contributed by atoms with Crippen molar-refractivity contribution in [1.29, 1.82) is 0 Å². The number of benzene rings is 1. The van der Waals surface area contributed by atoms with Crippen LogP contribution in [0.25, 0.3) is 0 Å². The third-order valence-corrected chi connectivity index (χ3v) is 3.92. The number of aromatic nitrogens is 1. The molecule has 0 spiro atoms. The lowest BCUT2D eigenvalue weighted by molar-refractivity contribution is -0.154. The van der Waals surface area contributed by atoms with Crippen molar-refractivity contribution in [3.8, 4) is 5.88 Å². The fourth-order valence-corrected chi connectivity index (χ4v) is 2.60. The summed E-state index contributed by atoms with van der Waals surface area (Å²) in [6, 6.07) is 8.10.